The van der Waals surface area contributed by atoms with Crippen molar-refractivity contribution in [3.63, 3.8) is 0 Å². The van der Waals surface area contributed by atoms with Crippen molar-refractivity contribution in [3.8, 4) is 0 Å². The Morgan fingerprint density at radius 1 is 1.00 bits per heavy atom. The third kappa shape index (κ3) is 5.70. The normalized spacial score (nSPS) is 34.3. The second-order valence-corrected chi connectivity index (χ2v) is 5.52. The van der Waals surface area contributed by atoms with Crippen LogP contribution in [0.2, 0.25) is 0 Å². The highest BCUT2D eigenvalue weighted by Crippen LogP contribution is 2.58. The van der Waals surface area contributed by atoms with Gasteiger partial charge in [-0.3, -0.25) is 0 Å². The van der Waals surface area contributed by atoms with E-state index in [1.54, 1.807) is 6.92 Å². The molecule has 0 aromatic heterocycles. The van der Waals surface area contributed by atoms with Crippen molar-refractivity contribution in [1.29, 1.82) is 0 Å². The average Bonchev–Trinajstić information content (AvgIpc) is 2.90. The minimum atomic E-state index is -2.62. The highest BCUT2D eigenvalue weighted by Gasteiger charge is 2.62. The molecule has 0 N–H and O–H groups in total. The predicted octanol–water partition coefficient (Wildman–Crippen LogP) is 6.16. The van der Waals surface area contributed by atoms with E-state index in [0.717, 1.165) is 0 Å². The lowest BCUT2D eigenvalue weighted by Gasteiger charge is -2.34. The lowest BCUT2D eigenvalue weighted by molar-refractivity contribution is -0.0748. The van der Waals surface area contributed by atoms with Gasteiger partial charge in [-0.15, -0.1) is 0 Å². The molecule has 0 nitrogen and oxygen atoms in total. The smallest absolute Gasteiger partial charge is 0.207 e. The topological polar surface area (TPSA) is 0 Å². The van der Waals surface area contributed by atoms with Gasteiger partial charge in [0.2, 0.25) is 5.92 Å². The predicted molar refractivity (Wildman–Crippen MR) is 71.8 cm³/mol. The number of halogens is 4. The maximum Gasteiger partial charge on any atom is 0.251 e. The van der Waals surface area contributed by atoms with Crippen LogP contribution in [-0.2, 0) is 0 Å². The third-order valence-corrected chi connectivity index (χ3v) is 3.59. The Balaban J connectivity index is 0.000000573. The van der Waals surface area contributed by atoms with E-state index in [4.69, 9.17) is 0 Å². The van der Waals surface area contributed by atoms with Gasteiger partial charge in [0, 0.05) is 25.2 Å². The van der Waals surface area contributed by atoms with Crippen molar-refractivity contribution < 1.29 is 17.6 Å². The summed E-state index contributed by atoms with van der Waals surface area (Å²) in [4.78, 5) is 0. The molecule has 2 fully saturated rings. The minimum absolute atomic E-state index is 0.0897. The maximum absolute atomic E-state index is 12.9. The number of hydrogen-bond acceptors (Lipinski definition) is 0. The van der Waals surface area contributed by atoms with Gasteiger partial charge in [0.25, 0.3) is 5.92 Å². The number of rotatable bonds is 1. The highest BCUT2D eigenvalue weighted by atomic mass is 19.3. The molecule has 2 aliphatic rings. The summed E-state index contributed by atoms with van der Waals surface area (Å²) < 4.78 is 51.4. The molecule has 0 radical (unpaired) electrons. The molecule has 0 heterocycles. The molecule has 0 aliphatic heterocycles. The van der Waals surface area contributed by atoms with Gasteiger partial charge in [-0.2, -0.15) is 0 Å². The fourth-order valence-corrected chi connectivity index (χ4v) is 2.68. The monoisotopic (exact) mass is 284 g/mol. The third-order valence-electron chi connectivity index (χ3n) is 3.59. The zero-order chi connectivity index (χ0) is 15.3. The lowest BCUT2D eigenvalue weighted by atomic mass is 9.76. The molecular weight excluding hydrogens is 256 g/mol. The van der Waals surface area contributed by atoms with E-state index in [2.05, 4.69) is 13.8 Å². The van der Waals surface area contributed by atoms with Crippen LogP contribution < -0.4 is 0 Å². The number of hydrogen-bond donors (Lipinski definition) is 0. The molecule has 2 rings (SSSR count). The van der Waals surface area contributed by atoms with Gasteiger partial charge in [0.15, 0.2) is 0 Å². The second-order valence-electron chi connectivity index (χ2n) is 5.52. The quantitative estimate of drug-likeness (QED) is 0.506. The van der Waals surface area contributed by atoms with E-state index in [9.17, 15) is 17.6 Å². The van der Waals surface area contributed by atoms with Gasteiger partial charge in [-0.05, 0) is 18.3 Å². The van der Waals surface area contributed by atoms with Crippen LogP contribution in [0.3, 0.4) is 0 Å². The van der Waals surface area contributed by atoms with Gasteiger partial charge in [-0.25, -0.2) is 17.6 Å². The first-order valence-corrected chi connectivity index (χ1v) is 7.49. The second kappa shape index (κ2) is 7.49. The van der Waals surface area contributed by atoms with Crippen molar-refractivity contribution in [2.75, 3.05) is 0 Å². The molecule has 3 atom stereocenters. The van der Waals surface area contributed by atoms with Crippen LogP contribution in [-0.4, -0.2) is 11.8 Å². The Morgan fingerprint density at radius 2 is 1.42 bits per heavy atom. The summed E-state index contributed by atoms with van der Waals surface area (Å²) in [6.07, 6.45) is 0.987. The molecule has 0 aromatic carbocycles. The van der Waals surface area contributed by atoms with Crippen LogP contribution in [0, 0.1) is 17.8 Å². The van der Waals surface area contributed by atoms with Crippen LogP contribution in [0.25, 0.3) is 0 Å². The lowest BCUT2D eigenvalue weighted by Crippen LogP contribution is -2.32. The summed E-state index contributed by atoms with van der Waals surface area (Å²) in [5.41, 5.74) is 0. The maximum atomic E-state index is 12.9. The molecule has 0 spiro atoms. The van der Waals surface area contributed by atoms with Crippen molar-refractivity contribution in [3.05, 3.63) is 0 Å². The fourth-order valence-electron chi connectivity index (χ4n) is 2.68. The van der Waals surface area contributed by atoms with Crippen molar-refractivity contribution in [2.24, 2.45) is 17.8 Å². The molecule has 2 aliphatic carbocycles. The zero-order valence-corrected chi connectivity index (χ0v) is 12.8. The Morgan fingerprint density at radius 3 is 1.74 bits per heavy atom. The van der Waals surface area contributed by atoms with Gasteiger partial charge < -0.3 is 0 Å². The Hall–Kier alpha value is -0.280. The molecule has 0 bridgehead atoms. The number of alkyl halides is 4. The van der Waals surface area contributed by atoms with Gasteiger partial charge in [0.05, 0.1) is 0 Å². The molecular formula is C15H28F4. The molecule has 4 heteroatoms. The molecule has 2 saturated carbocycles. The van der Waals surface area contributed by atoms with Crippen molar-refractivity contribution in [2.45, 2.75) is 78.6 Å². The van der Waals surface area contributed by atoms with Crippen LogP contribution >= 0.6 is 0 Å². The summed E-state index contributed by atoms with van der Waals surface area (Å²) >= 11 is 0. The summed E-state index contributed by atoms with van der Waals surface area (Å²) in [5.74, 6) is -6.26. The summed E-state index contributed by atoms with van der Waals surface area (Å²) in [7, 11) is 0. The average molecular weight is 284 g/mol. The van der Waals surface area contributed by atoms with Crippen LogP contribution in [0.15, 0.2) is 0 Å². The first-order chi connectivity index (χ1) is 8.73. The molecule has 0 amide bonds. The van der Waals surface area contributed by atoms with E-state index in [0.29, 0.717) is 0 Å². The summed E-state index contributed by atoms with van der Waals surface area (Å²) in [5, 5.41) is 0. The Bertz CT molecular complexity index is 251. The van der Waals surface area contributed by atoms with E-state index < -0.39 is 17.8 Å². The van der Waals surface area contributed by atoms with Gasteiger partial charge in [0.1, 0.15) is 0 Å². The minimum Gasteiger partial charge on any atom is -0.207 e. The van der Waals surface area contributed by atoms with E-state index in [-0.39, 0.29) is 37.5 Å². The standard InChI is InChI=1S/C10H14F4.C3H8.C2H6/c1-6-4-9(11,12)3-2-7(6)8-5-10(8,13)14;1-3-2;1-2/h6-8H,2-5H2,1H3;3H2,1-2H3;1-2H3. The van der Waals surface area contributed by atoms with E-state index >= 15 is 0 Å². The first-order valence-electron chi connectivity index (χ1n) is 7.49. The first kappa shape index (κ1) is 18.7. The van der Waals surface area contributed by atoms with Crippen molar-refractivity contribution >= 4 is 0 Å². The van der Waals surface area contributed by atoms with E-state index in [1.807, 2.05) is 13.8 Å². The van der Waals surface area contributed by atoms with Crippen LogP contribution in [0.5, 0.6) is 0 Å². The summed E-state index contributed by atoms with van der Waals surface area (Å²) in [6, 6.07) is 0. The molecule has 0 aromatic rings. The SMILES string of the molecule is CC.CC1CC(F)(F)CCC1C1CC1(F)F.CCC. The molecule has 116 valence electrons. The van der Waals surface area contributed by atoms with Crippen molar-refractivity contribution in [1.82, 2.24) is 0 Å². The zero-order valence-electron chi connectivity index (χ0n) is 12.8. The molecule has 3 unspecified atom stereocenters. The van der Waals surface area contributed by atoms with Crippen LogP contribution in [0.1, 0.15) is 66.7 Å². The van der Waals surface area contributed by atoms with Crippen LogP contribution in [0.4, 0.5) is 17.6 Å². The Labute approximate surface area is 115 Å². The fraction of sp³-hybridized carbons (Fsp3) is 1.00. The summed E-state index contributed by atoms with van der Waals surface area (Å²) in [6.45, 7) is 9.92. The van der Waals surface area contributed by atoms with Gasteiger partial charge in [-0.1, -0.05) is 41.0 Å². The Kier molecular flexibility index (Phi) is 7.38. The largest absolute Gasteiger partial charge is 0.251 e. The van der Waals surface area contributed by atoms with E-state index in [1.165, 1.54) is 6.42 Å². The van der Waals surface area contributed by atoms with Gasteiger partial charge >= 0.3 is 0 Å². The highest BCUT2D eigenvalue weighted by molar-refractivity contribution is 5.02. The molecule has 0 saturated heterocycles. The molecule has 19 heavy (non-hydrogen) atoms.